The van der Waals surface area contributed by atoms with E-state index in [2.05, 4.69) is 12.2 Å². The predicted molar refractivity (Wildman–Crippen MR) is 69.3 cm³/mol. The van der Waals surface area contributed by atoms with Crippen LogP contribution in [0.4, 0.5) is 8.78 Å². The Labute approximate surface area is 108 Å². The first-order valence-corrected chi connectivity index (χ1v) is 6.77. The Bertz CT molecular complexity index is 401. The summed E-state index contributed by atoms with van der Waals surface area (Å²) in [6, 6.07) is 4.59. The van der Waals surface area contributed by atoms with Crippen LogP contribution in [0, 0.1) is 17.6 Å². The maximum atomic E-state index is 13.1. The lowest BCUT2D eigenvalue weighted by atomic mass is 9.81. The van der Waals surface area contributed by atoms with Gasteiger partial charge < -0.3 is 5.32 Å². The van der Waals surface area contributed by atoms with Gasteiger partial charge in [-0.15, -0.1) is 0 Å². The zero-order chi connectivity index (χ0) is 13.1. The van der Waals surface area contributed by atoms with Crippen LogP contribution in [0.3, 0.4) is 0 Å². The van der Waals surface area contributed by atoms with Gasteiger partial charge in [0.1, 0.15) is 0 Å². The van der Waals surface area contributed by atoms with E-state index >= 15 is 0 Å². The van der Waals surface area contributed by atoms with Crippen molar-refractivity contribution in [3.8, 4) is 0 Å². The zero-order valence-electron chi connectivity index (χ0n) is 11.0. The summed E-state index contributed by atoms with van der Waals surface area (Å²) in [6.07, 6.45) is 5.21. The Balaban J connectivity index is 1.89. The first-order valence-electron chi connectivity index (χ1n) is 6.77. The third-order valence-electron chi connectivity index (χ3n) is 3.89. The lowest BCUT2D eigenvalue weighted by Gasteiger charge is -2.30. The Morgan fingerprint density at radius 3 is 2.50 bits per heavy atom. The van der Waals surface area contributed by atoms with Crippen molar-refractivity contribution >= 4 is 0 Å². The highest BCUT2D eigenvalue weighted by molar-refractivity contribution is 5.20. The van der Waals surface area contributed by atoms with Crippen LogP contribution >= 0.6 is 0 Å². The van der Waals surface area contributed by atoms with Crippen molar-refractivity contribution < 1.29 is 8.78 Å². The summed E-state index contributed by atoms with van der Waals surface area (Å²) < 4.78 is 26.0. The van der Waals surface area contributed by atoms with Gasteiger partial charge >= 0.3 is 0 Å². The van der Waals surface area contributed by atoms with Gasteiger partial charge in [-0.2, -0.15) is 0 Å². The highest BCUT2D eigenvalue weighted by Gasteiger charge is 2.21. The Kier molecular flexibility index (Phi) is 4.33. The van der Waals surface area contributed by atoms with Gasteiger partial charge in [-0.05, 0) is 43.9 Å². The van der Waals surface area contributed by atoms with E-state index < -0.39 is 11.6 Å². The molecule has 2 rings (SSSR count). The molecule has 0 amide bonds. The van der Waals surface area contributed by atoms with E-state index in [0.29, 0.717) is 6.04 Å². The van der Waals surface area contributed by atoms with Gasteiger partial charge in [-0.3, -0.25) is 0 Å². The van der Waals surface area contributed by atoms with Crippen molar-refractivity contribution in [3.05, 3.63) is 35.4 Å². The Hall–Kier alpha value is -0.960. The quantitative estimate of drug-likeness (QED) is 0.829. The molecule has 3 heteroatoms. The molecular formula is C15H21F2N. The third-order valence-corrected chi connectivity index (χ3v) is 3.89. The lowest BCUT2D eigenvalue weighted by molar-refractivity contribution is 0.259. The standard InChI is InChI=1S/C15H21F2N/c1-10(8-12-4-3-5-12)18-11(2)13-6-7-14(16)15(17)9-13/h6-7,9-12,18H,3-5,8H2,1-2H3. The van der Waals surface area contributed by atoms with Crippen molar-refractivity contribution in [3.63, 3.8) is 0 Å². The second kappa shape index (κ2) is 5.79. The van der Waals surface area contributed by atoms with Crippen LogP contribution in [-0.4, -0.2) is 6.04 Å². The van der Waals surface area contributed by atoms with Gasteiger partial charge in [0.2, 0.25) is 0 Å². The van der Waals surface area contributed by atoms with Crippen LogP contribution in [0.25, 0.3) is 0 Å². The first-order chi connectivity index (χ1) is 8.56. The minimum atomic E-state index is -0.784. The molecule has 0 saturated heterocycles. The third kappa shape index (κ3) is 3.29. The van der Waals surface area contributed by atoms with Crippen molar-refractivity contribution in [2.24, 2.45) is 5.92 Å². The molecule has 0 radical (unpaired) electrons. The molecule has 1 saturated carbocycles. The van der Waals surface area contributed by atoms with Gasteiger partial charge in [0.05, 0.1) is 0 Å². The van der Waals surface area contributed by atoms with E-state index in [-0.39, 0.29) is 6.04 Å². The molecule has 0 spiro atoms. The van der Waals surface area contributed by atoms with Crippen molar-refractivity contribution in [2.75, 3.05) is 0 Å². The fourth-order valence-electron chi connectivity index (χ4n) is 2.60. The van der Waals surface area contributed by atoms with Gasteiger partial charge in [0.15, 0.2) is 11.6 Å². The highest BCUT2D eigenvalue weighted by atomic mass is 19.2. The number of benzene rings is 1. The molecule has 1 nitrogen and oxygen atoms in total. The van der Waals surface area contributed by atoms with Gasteiger partial charge in [0.25, 0.3) is 0 Å². The van der Waals surface area contributed by atoms with E-state index in [0.717, 1.165) is 11.5 Å². The second-order valence-electron chi connectivity index (χ2n) is 5.50. The molecule has 0 bridgehead atoms. The summed E-state index contributed by atoms with van der Waals surface area (Å²) in [4.78, 5) is 0. The zero-order valence-corrected chi connectivity index (χ0v) is 11.0. The Morgan fingerprint density at radius 1 is 1.22 bits per heavy atom. The van der Waals surface area contributed by atoms with Crippen LogP contribution in [-0.2, 0) is 0 Å². The molecule has 2 unspecified atom stereocenters. The van der Waals surface area contributed by atoms with Gasteiger partial charge in [-0.1, -0.05) is 25.3 Å². The van der Waals surface area contributed by atoms with E-state index in [1.54, 1.807) is 6.07 Å². The smallest absolute Gasteiger partial charge is 0.159 e. The second-order valence-corrected chi connectivity index (χ2v) is 5.50. The van der Waals surface area contributed by atoms with Gasteiger partial charge in [0, 0.05) is 12.1 Å². The fourth-order valence-corrected chi connectivity index (χ4v) is 2.60. The molecular weight excluding hydrogens is 232 g/mol. The molecule has 0 aromatic heterocycles. The van der Waals surface area contributed by atoms with Crippen LogP contribution in [0.15, 0.2) is 18.2 Å². The van der Waals surface area contributed by atoms with E-state index in [1.807, 2.05) is 6.92 Å². The van der Waals surface area contributed by atoms with Crippen molar-refractivity contribution in [2.45, 2.75) is 51.6 Å². The number of nitrogens with one attached hydrogen (secondary N) is 1. The topological polar surface area (TPSA) is 12.0 Å². The van der Waals surface area contributed by atoms with E-state index in [4.69, 9.17) is 0 Å². The fraction of sp³-hybridized carbons (Fsp3) is 0.600. The van der Waals surface area contributed by atoms with Crippen LogP contribution in [0.1, 0.15) is 51.1 Å². The Morgan fingerprint density at radius 2 is 1.94 bits per heavy atom. The number of hydrogen-bond acceptors (Lipinski definition) is 1. The average Bonchev–Trinajstić information content (AvgIpc) is 2.27. The molecule has 2 atom stereocenters. The molecule has 100 valence electrons. The summed E-state index contributed by atoms with van der Waals surface area (Å²) in [7, 11) is 0. The summed E-state index contributed by atoms with van der Waals surface area (Å²) in [5.74, 6) is -0.703. The summed E-state index contributed by atoms with van der Waals surface area (Å²) in [6.45, 7) is 4.15. The van der Waals surface area contributed by atoms with Crippen LogP contribution in [0.2, 0.25) is 0 Å². The minimum absolute atomic E-state index is 0.0511. The van der Waals surface area contributed by atoms with Crippen LogP contribution in [0.5, 0.6) is 0 Å². The first kappa shape index (κ1) is 13.5. The summed E-state index contributed by atoms with van der Waals surface area (Å²) in [5.41, 5.74) is 0.800. The van der Waals surface area contributed by atoms with E-state index in [1.165, 1.54) is 37.8 Å². The maximum absolute atomic E-state index is 13.1. The highest BCUT2D eigenvalue weighted by Crippen LogP contribution is 2.30. The summed E-state index contributed by atoms with van der Waals surface area (Å²) in [5, 5.41) is 3.45. The number of rotatable bonds is 5. The molecule has 1 aromatic rings. The van der Waals surface area contributed by atoms with E-state index in [9.17, 15) is 8.78 Å². The summed E-state index contributed by atoms with van der Waals surface area (Å²) >= 11 is 0. The van der Waals surface area contributed by atoms with Crippen molar-refractivity contribution in [1.82, 2.24) is 5.32 Å². The predicted octanol–water partition coefficient (Wildman–Crippen LogP) is 4.19. The largest absolute Gasteiger partial charge is 0.308 e. The lowest BCUT2D eigenvalue weighted by Crippen LogP contribution is -2.32. The molecule has 1 N–H and O–H groups in total. The molecule has 1 aliphatic carbocycles. The minimum Gasteiger partial charge on any atom is -0.308 e. The number of hydrogen-bond donors (Lipinski definition) is 1. The molecule has 1 aromatic carbocycles. The normalized spacial score (nSPS) is 19.3. The molecule has 0 heterocycles. The maximum Gasteiger partial charge on any atom is 0.159 e. The molecule has 18 heavy (non-hydrogen) atoms. The molecule has 1 aliphatic rings. The SMILES string of the molecule is CC(CC1CCC1)NC(C)c1ccc(F)c(F)c1. The van der Waals surface area contributed by atoms with Gasteiger partial charge in [-0.25, -0.2) is 8.78 Å². The number of halogens is 2. The van der Waals surface area contributed by atoms with Crippen LogP contribution < -0.4 is 5.32 Å². The monoisotopic (exact) mass is 253 g/mol. The van der Waals surface area contributed by atoms with Crippen molar-refractivity contribution in [1.29, 1.82) is 0 Å². The molecule has 1 fully saturated rings. The molecule has 0 aliphatic heterocycles. The average molecular weight is 253 g/mol.